The summed E-state index contributed by atoms with van der Waals surface area (Å²) in [5, 5.41) is 5.29. The zero-order valence-electron chi connectivity index (χ0n) is 13.3. The van der Waals surface area contributed by atoms with Crippen LogP contribution in [-0.4, -0.2) is 20.5 Å². The van der Waals surface area contributed by atoms with Crippen molar-refractivity contribution in [3.8, 4) is 11.3 Å². The number of carbonyl (C=O) groups is 1. The van der Waals surface area contributed by atoms with Crippen LogP contribution in [0.4, 0.5) is 0 Å². The van der Waals surface area contributed by atoms with Crippen LogP contribution in [0, 0.1) is 0 Å². The van der Waals surface area contributed by atoms with E-state index in [0.717, 1.165) is 16.5 Å². The van der Waals surface area contributed by atoms with E-state index in [2.05, 4.69) is 10.1 Å². The van der Waals surface area contributed by atoms with Gasteiger partial charge in [-0.05, 0) is 18.2 Å². The fourth-order valence-electron chi connectivity index (χ4n) is 2.77. The largest absolute Gasteiger partial charge is 0.352 e. The minimum Gasteiger partial charge on any atom is -0.352 e. The van der Waals surface area contributed by atoms with Gasteiger partial charge < -0.3 is 4.98 Å². The van der Waals surface area contributed by atoms with Gasteiger partial charge in [0.1, 0.15) is 6.54 Å². The van der Waals surface area contributed by atoms with Gasteiger partial charge >= 0.3 is 0 Å². The van der Waals surface area contributed by atoms with E-state index in [-0.39, 0.29) is 17.9 Å². The first kappa shape index (κ1) is 15.1. The summed E-state index contributed by atoms with van der Waals surface area (Å²) in [7, 11) is 0. The Morgan fingerprint density at radius 3 is 2.52 bits per heavy atom. The Kier molecular flexibility index (Phi) is 3.74. The number of aromatic amines is 1. The van der Waals surface area contributed by atoms with Crippen LogP contribution < -0.4 is 5.56 Å². The third kappa shape index (κ3) is 2.99. The fourth-order valence-corrected chi connectivity index (χ4v) is 2.77. The maximum atomic E-state index is 12.6. The molecule has 0 aliphatic rings. The number of ketones is 1. The van der Waals surface area contributed by atoms with Crippen LogP contribution in [0.15, 0.2) is 77.6 Å². The molecule has 2 aromatic heterocycles. The van der Waals surface area contributed by atoms with Crippen molar-refractivity contribution >= 4 is 16.7 Å². The zero-order valence-corrected chi connectivity index (χ0v) is 13.3. The number of aromatic nitrogens is 3. The molecule has 0 bridgehead atoms. The summed E-state index contributed by atoms with van der Waals surface area (Å²) in [4.78, 5) is 27.7. The lowest BCUT2D eigenvalue weighted by atomic mass is 10.1. The average Bonchev–Trinajstić information content (AvgIpc) is 3.08. The minimum atomic E-state index is -0.302. The van der Waals surface area contributed by atoms with Crippen LogP contribution in [0.1, 0.15) is 10.5 Å². The summed E-state index contributed by atoms with van der Waals surface area (Å²) in [5.74, 6) is -0.184. The number of nitrogens with one attached hydrogen (secondary N) is 1. The van der Waals surface area contributed by atoms with Gasteiger partial charge in [-0.3, -0.25) is 9.59 Å². The molecular formula is C20H15N3O2. The van der Waals surface area contributed by atoms with Crippen LogP contribution in [0.25, 0.3) is 22.2 Å². The van der Waals surface area contributed by atoms with Crippen molar-refractivity contribution in [2.45, 2.75) is 6.54 Å². The number of para-hydroxylation sites is 1. The highest BCUT2D eigenvalue weighted by Gasteiger charge is 2.12. The Bertz CT molecular complexity index is 1080. The maximum absolute atomic E-state index is 12.6. The molecule has 4 rings (SSSR count). The van der Waals surface area contributed by atoms with Gasteiger partial charge in [0.25, 0.3) is 5.56 Å². The molecule has 4 aromatic rings. The van der Waals surface area contributed by atoms with Crippen LogP contribution in [0.5, 0.6) is 0 Å². The summed E-state index contributed by atoms with van der Waals surface area (Å²) in [6.07, 6.45) is 0. The molecule has 0 atom stereocenters. The molecule has 0 amide bonds. The molecule has 0 unspecified atom stereocenters. The lowest BCUT2D eigenvalue weighted by Gasteiger charge is -2.06. The third-order valence-electron chi connectivity index (χ3n) is 4.06. The summed E-state index contributed by atoms with van der Waals surface area (Å²) in [5.41, 5.74) is 2.62. The summed E-state index contributed by atoms with van der Waals surface area (Å²) in [6.45, 7) is -0.105. The van der Waals surface area contributed by atoms with E-state index in [4.69, 9.17) is 0 Å². The summed E-state index contributed by atoms with van der Waals surface area (Å²) in [6, 6.07) is 22.1. The van der Waals surface area contributed by atoms with Gasteiger partial charge in [0.15, 0.2) is 0 Å². The highest BCUT2D eigenvalue weighted by molar-refractivity contribution is 5.99. The lowest BCUT2D eigenvalue weighted by Crippen LogP contribution is -2.26. The van der Waals surface area contributed by atoms with E-state index in [0.29, 0.717) is 11.4 Å². The molecule has 1 N–H and O–H groups in total. The number of hydrogen-bond donors (Lipinski definition) is 1. The molecular weight excluding hydrogens is 314 g/mol. The zero-order chi connectivity index (χ0) is 17.2. The smallest absolute Gasteiger partial charge is 0.267 e. The van der Waals surface area contributed by atoms with Gasteiger partial charge in [0.2, 0.25) is 5.78 Å². The average molecular weight is 329 g/mol. The number of rotatable bonds is 4. The summed E-state index contributed by atoms with van der Waals surface area (Å²) >= 11 is 0. The molecule has 0 aliphatic carbocycles. The SMILES string of the molecule is O=C(Cn1nc(-c2ccccc2)ccc1=O)c1cc2ccccc2[nH]1. The number of Topliss-reactive ketones (excluding diaryl/α,β-unsaturated/α-hetero) is 1. The van der Waals surface area contributed by atoms with E-state index in [9.17, 15) is 9.59 Å². The van der Waals surface area contributed by atoms with Gasteiger partial charge in [0.05, 0.1) is 11.4 Å². The highest BCUT2D eigenvalue weighted by atomic mass is 16.1. The van der Waals surface area contributed by atoms with E-state index in [1.807, 2.05) is 54.6 Å². The Morgan fingerprint density at radius 1 is 0.960 bits per heavy atom. The van der Waals surface area contributed by atoms with Gasteiger partial charge in [-0.2, -0.15) is 5.10 Å². The van der Waals surface area contributed by atoms with Crippen molar-refractivity contribution in [1.29, 1.82) is 0 Å². The van der Waals surface area contributed by atoms with Crippen LogP contribution in [0.3, 0.4) is 0 Å². The molecule has 0 saturated heterocycles. The van der Waals surface area contributed by atoms with Gasteiger partial charge in [-0.25, -0.2) is 4.68 Å². The highest BCUT2D eigenvalue weighted by Crippen LogP contribution is 2.16. The van der Waals surface area contributed by atoms with Crippen molar-refractivity contribution in [2.75, 3.05) is 0 Å². The first-order valence-electron chi connectivity index (χ1n) is 7.95. The molecule has 5 heteroatoms. The first-order valence-corrected chi connectivity index (χ1v) is 7.95. The van der Waals surface area contributed by atoms with Crippen LogP contribution in [0.2, 0.25) is 0 Å². The van der Waals surface area contributed by atoms with Gasteiger partial charge in [-0.1, -0.05) is 48.5 Å². The Morgan fingerprint density at radius 2 is 1.72 bits per heavy atom. The van der Waals surface area contributed by atoms with E-state index >= 15 is 0 Å². The molecule has 5 nitrogen and oxygen atoms in total. The maximum Gasteiger partial charge on any atom is 0.267 e. The molecule has 0 spiro atoms. The predicted molar refractivity (Wildman–Crippen MR) is 96.6 cm³/mol. The molecule has 2 heterocycles. The number of H-pyrrole nitrogens is 1. The molecule has 2 aromatic carbocycles. The normalized spacial score (nSPS) is 10.9. The summed E-state index contributed by atoms with van der Waals surface area (Å²) < 4.78 is 1.20. The Balaban J connectivity index is 1.65. The number of benzene rings is 2. The lowest BCUT2D eigenvalue weighted by molar-refractivity contribution is 0.0962. The van der Waals surface area contributed by atoms with E-state index in [1.165, 1.54) is 10.7 Å². The van der Waals surface area contributed by atoms with Crippen LogP contribution in [-0.2, 0) is 6.54 Å². The second-order valence-corrected chi connectivity index (χ2v) is 5.77. The van der Waals surface area contributed by atoms with Crippen molar-refractivity contribution in [3.05, 3.63) is 88.8 Å². The fraction of sp³-hybridized carbons (Fsp3) is 0.0500. The standard InChI is InChI=1S/C20H15N3O2/c24-19(18-12-15-8-4-5-9-16(15)21-18)13-23-20(25)11-10-17(22-23)14-6-2-1-3-7-14/h1-12,21H,13H2. The number of hydrogen-bond acceptors (Lipinski definition) is 3. The van der Waals surface area contributed by atoms with Gasteiger partial charge in [-0.15, -0.1) is 0 Å². The molecule has 0 radical (unpaired) electrons. The quantitative estimate of drug-likeness (QED) is 0.584. The Hall–Kier alpha value is -3.47. The predicted octanol–water partition coefficient (Wildman–Crippen LogP) is 3.27. The number of carbonyl (C=O) groups excluding carboxylic acids is 1. The van der Waals surface area contributed by atoms with E-state index < -0.39 is 0 Å². The van der Waals surface area contributed by atoms with Crippen molar-refractivity contribution < 1.29 is 4.79 Å². The van der Waals surface area contributed by atoms with Crippen molar-refractivity contribution in [3.63, 3.8) is 0 Å². The van der Waals surface area contributed by atoms with Crippen LogP contribution >= 0.6 is 0 Å². The molecule has 0 saturated carbocycles. The second kappa shape index (κ2) is 6.20. The molecule has 0 fully saturated rings. The first-order chi connectivity index (χ1) is 12.2. The van der Waals surface area contributed by atoms with E-state index in [1.54, 1.807) is 12.1 Å². The minimum absolute atomic E-state index is 0.105. The molecule has 25 heavy (non-hydrogen) atoms. The third-order valence-corrected chi connectivity index (χ3v) is 4.06. The van der Waals surface area contributed by atoms with Gasteiger partial charge in [0, 0.05) is 22.5 Å². The van der Waals surface area contributed by atoms with Crippen molar-refractivity contribution in [2.24, 2.45) is 0 Å². The van der Waals surface area contributed by atoms with Crippen molar-refractivity contribution in [1.82, 2.24) is 14.8 Å². The second-order valence-electron chi connectivity index (χ2n) is 5.77. The monoisotopic (exact) mass is 329 g/mol. The molecule has 122 valence electrons. The number of fused-ring (bicyclic) bond motifs is 1. The number of nitrogens with zero attached hydrogens (tertiary/aromatic N) is 2. The topological polar surface area (TPSA) is 67.8 Å². The molecule has 0 aliphatic heterocycles. The Labute approximate surface area is 143 Å².